The van der Waals surface area contributed by atoms with Crippen LogP contribution in [0, 0.1) is 0 Å². The average molecular weight is 344 g/mol. The number of hydrogen-bond acceptors (Lipinski definition) is 3. The van der Waals surface area contributed by atoms with Gasteiger partial charge in [0.25, 0.3) is 0 Å². The Morgan fingerprint density at radius 1 is 0.720 bits per heavy atom. The van der Waals surface area contributed by atoms with Crippen LogP contribution in [0.25, 0.3) is 21.8 Å². The Kier molecular flexibility index (Phi) is 4.14. The van der Waals surface area contributed by atoms with Gasteiger partial charge in [-0.05, 0) is 48.6 Å². The van der Waals surface area contributed by atoms with Crippen molar-refractivity contribution in [3.05, 3.63) is 78.9 Å². The summed E-state index contributed by atoms with van der Waals surface area (Å²) in [6.07, 6.45) is 0. The lowest BCUT2D eigenvalue weighted by Gasteiger charge is -2.13. The van der Waals surface area contributed by atoms with Gasteiger partial charge < -0.3 is 5.32 Å². The highest BCUT2D eigenvalue weighted by Gasteiger charge is 2.02. The Hall–Kier alpha value is -3.18. The van der Waals surface area contributed by atoms with Crippen molar-refractivity contribution in [3.63, 3.8) is 0 Å². The van der Waals surface area contributed by atoms with Gasteiger partial charge in [0.15, 0.2) is 5.11 Å². The van der Waals surface area contributed by atoms with Crippen molar-refractivity contribution in [1.82, 2.24) is 10.4 Å². The second-order valence-corrected chi connectivity index (χ2v) is 6.07. The first kappa shape index (κ1) is 15.4. The maximum atomic E-state index is 5.33. The number of aromatic nitrogens is 1. The van der Waals surface area contributed by atoms with Crippen LogP contribution in [0.5, 0.6) is 0 Å². The van der Waals surface area contributed by atoms with Gasteiger partial charge in [-0.3, -0.25) is 10.9 Å². The Morgan fingerprint density at radius 2 is 1.48 bits per heavy atom. The largest absolute Gasteiger partial charge is 0.331 e. The molecule has 0 aliphatic heterocycles. The van der Waals surface area contributed by atoms with Crippen LogP contribution < -0.4 is 16.2 Å². The van der Waals surface area contributed by atoms with Crippen LogP contribution >= 0.6 is 12.2 Å². The van der Waals surface area contributed by atoms with Crippen molar-refractivity contribution in [2.75, 3.05) is 10.7 Å². The molecule has 0 fully saturated rings. The summed E-state index contributed by atoms with van der Waals surface area (Å²) < 4.78 is 0. The third-order valence-electron chi connectivity index (χ3n) is 3.87. The first-order valence-electron chi connectivity index (χ1n) is 7.95. The van der Waals surface area contributed by atoms with Crippen molar-refractivity contribution >= 4 is 50.5 Å². The van der Waals surface area contributed by atoms with Crippen molar-refractivity contribution in [1.29, 1.82) is 0 Å². The lowest BCUT2D eigenvalue weighted by Crippen LogP contribution is -2.33. The first-order chi connectivity index (χ1) is 12.3. The van der Waals surface area contributed by atoms with Crippen LogP contribution in [0.15, 0.2) is 78.9 Å². The van der Waals surface area contributed by atoms with Crippen LogP contribution in [0.2, 0.25) is 0 Å². The molecule has 0 unspecified atom stereocenters. The molecule has 4 nitrogen and oxygen atoms in total. The minimum absolute atomic E-state index is 0.490. The number of nitrogens with one attached hydrogen (secondary N) is 3. The van der Waals surface area contributed by atoms with E-state index in [1.807, 2.05) is 66.7 Å². The van der Waals surface area contributed by atoms with Gasteiger partial charge >= 0.3 is 0 Å². The molecule has 122 valence electrons. The molecule has 0 saturated heterocycles. The zero-order chi connectivity index (χ0) is 17.1. The summed E-state index contributed by atoms with van der Waals surface area (Å²) in [6.45, 7) is 0. The monoisotopic (exact) mass is 344 g/mol. The summed E-state index contributed by atoms with van der Waals surface area (Å²) >= 11 is 5.33. The maximum Gasteiger partial charge on any atom is 0.189 e. The minimum Gasteiger partial charge on any atom is -0.331 e. The van der Waals surface area contributed by atoms with E-state index in [0.717, 1.165) is 33.2 Å². The van der Waals surface area contributed by atoms with Gasteiger partial charge in [0.1, 0.15) is 0 Å². The molecule has 0 radical (unpaired) electrons. The number of hydrazine groups is 1. The van der Waals surface area contributed by atoms with Crippen molar-refractivity contribution in [2.24, 2.45) is 0 Å². The summed E-state index contributed by atoms with van der Waals surface area (Å²) in [6, 6.07) is 26.1. The molecule has 0 amide bonds. The number of nitrogens with zero attached hydrogens (tertiary/aromatic N) is 1. The molecule has 4 aromatic rings. The molecule has 1 aromatic heterocycles. The summed E-state index contributed by atoms with van der Waals surface area (Å²) in [5, 5.41) is 5.90. The zero-order valence-electron chi connectivity index (χ0n) is 13.4. The Bertz CT molecular complexity index is 1050. The van der Waals surface area contributed by atoms with E-state index in [-0.39, 0.29) is 0 Å². The molecule has 0 bridgehead atoms. The lowest BCUT2D eigenvalue weighted by atomic mass is 10.1. The Balaban J connectivity index is 1.51. The van der Waals surface area contributed by atoms with Gasteiger partial charge in [-0.15, -0.1) is 0 Å². The van der Waals surface area contributed by atoms with E-state index in [2.05, 4.69) is 28.3 Å². The number of benzene rings is 3. The average Bonchev–Trinajstić information content (AvgIpc) is 2.65. The number of hydrogen-bond donors (Lipinski definition) is 3. The number of anilines is 2. The van der Waals surface area contributed by atoms with E-state index < -0.39 is 0 Å². The summed E-state index contributed by atoms with van der Waals surface area (Å²) in [5.41, 5.74) is 9.78. The fourth-order valence-corrected chi connectivity index (χ4v) is 2.83. The molecule has 0 spiro atoms. The predicted molar refractivity (Wildman–Crippen MR) is 109 cm³/mol. The van der Waals surface area contributed by atoms with Crippen molar-refractivity contribution in [2.45, 2.75) is 0 Å². The smallest absolute Gasteiger partial charge is 0.189 e. The molecule has 0 saturated carbocycles. The highest BCUT2D eigenvalue weighted by molar-refractivity contribution is 7.80. The summed E-state index contributed by atoms with van der Waals surface area (Å²) in [4.78, 5) is 4.72. The minimum atomic E-state index is 0.490. The van der Waals surface area contributed by atoms with E-state index in [4.69, 9.17) is 17.2 Å². The second-order valence-electron chi connectivity index (χ2n) is 5.66. The summed E-state index contributed by atoms with van der Waals surface area (Å²) in [7, 11) is 0. The van der Waals surface area contributed by atoms with Crippen LogP contribution in [-0.4, -0.2) is 10.1 Å². The Morgan fingerprint density at radius 3 is 2.36 bits per heavy atom. The van der Waals surface area contributed by atoms with E-state index in [1.165, 1.54) is 0 Å². The number of para-hydroxylation sites is 2. The highest BCUT2D eigenvalue weighted by atomic mass is 32.1. The molecule has 25 heavy (non-hydrogen) atoms. The molecule has 1 heterocycles. The SMILES string of the molecule is S=C(NNc1ccccc1)Nc1ccc2cc3ccccc3nc2c1. The molecule has 4 rings (SSSR count). The number of pyridine rings is 1. The molecular weight excluding hydrogens is 328 g/mol. The molecule has 0 aliphatic carbocycles. The van der Waals surface area contributed by atoms with Crippen LogP contribution in [-0.2, 0) is 0 Å². The van der Waals surface area contributed by atoms with Gasteiger partial charge in [0, 0.05) is 16.5 Å². The van der Waals surface area contributed by atoms with Crippen molar-refractivity contribution < 1.29 is 0 Å². The van der Waals surface area contributed by atoms with E-state index in [9.17, 15) is 0 Å². The van der Waals surface area contributed by atoms with Crippen LogP contribution in [0.3, 0.4) is 0 Å². The molecule has 0 atom stereocenters. The predicted octanol–water partition coefficient (Wildman–Crippen LogP) is 4.70. The summed E-state index contributed by atoms with van der Waals surface area (Å²) in [5.74, 6) is 0. The van der Waals surface area contributed by atoms with Gasteiger partial charge in [0.2, 0.25) is 0 Å². The highest BCUT2D eigenvalue weighted by Crippen LogP contribution is 2.22. The van der Waals surface area contributed by atoms with E-state index >= 15 is 0 Å². The van der Waals surface area contributed by atoms with Crippen LogP contribution in [0.4, 0.5) is 11.4 Å². The Labute approximate surface area is 150 Å². The quantitative estimate of drug-likeness (QED) is 0.286. The first-order valence-corrected chi connectivity index (χ1v) is 8.36. The van der Waals surface area contributed by atoms with Crippen LogP contribution in [0.1, 0.15) is 0 Å². The van der Waals surface area contributed by atoms with Gasteiger partial charge in [-0.2, -0.15) is 0 Å². The van der Waals surface area contributed by atoms with Gasteiger partial charge in [0.05, 0.1) is 16.7 Å². The molecule has 3 aromatic carbocycles. The molecule has 0 aliphatic rings. The van der Waals surface area contributed by atoms with Crippen molar-refractivity contribution in [3.8, 4) is 0 Å². The molecular formula is C20H16N4S. The van der Waals surface area contributed by atoms with Gasteiger partial charge in [-0.25, -0.2) is 4.98 Å². The lowest BCUT2D eigenvalue weighted by molar-refractivity contribution is 1.14. The normalized spacial score (nSPS) is 10.6. The number of fused-ring (bicyclic) bond motifs is 2. The standard InChI is InChI=1S/C20H16N4S/c25-20(24-23-16-7-2-1-3-8-16)21-17-11-10-15-12-14-6-4-5-9-18(14)22-19(15)13-17/h1-13,23H,(H2,21,24,25). The topological polar surface area (TPSA) is 49.0 Å². The fourth-order valence-electron chi connectivity index (χ4n) is 2.66. The third kappa shape index (κ3) is 3.51. The van der Waals surface area contributed by atoms with E-state index in [0.29, 0.717) is 5.11 Å². The molecule has 5 heteroatoms. The number of thiocarbonyl (C=S) groups is 1. The number of rotatable bonds is 3. The second kappa shape index (κ2) is 6.75. The van der Waals surface area contributed by atoms with E-state index in [1.54, 1.807) is 0 Å². The maximum absolute atomic E-state index is 5.33. The molecule has 3 N–H and O–H groups in total. The zero-order valence-corrected chi connectivity index (χ0v) is 14.2. The fraction of sp³-hybridized carbons (Fsp3) is 0. The van der Waals surface area contributed by atoms with Gasteiger partial charge in [-0.1, -0.05) is 42.5 Å². The third-order valence-corrected chi connectivity index (χ3v) is 4.08.